The van der Waals surface area contributed by atoms with Crippen molar-refractivity contribution in [3.05, 3.63) is 60.9 Å². The molecule has 0 unspecified atom stereocenters. The minimum Gasteiger partial charge on any atom is -0.456 e. The number of fused-ring (bicyclic) bond motifs is 2. The first-order valence-electron chi connectivity index (χ1n) is 9.10. The highest BCUT2D eigenvalue weighted by atomic mass is 32.2. The number of hydrogen-bond donors (Lipinski definition) is 1. The number of ether oxygens (including phenoxy) is 1. The molecule has 0 radical (unpaired) electrons. The second-order valence-corrected chi connectivity index (χ2v) is 7.09. The number of terminal acetylenes is 1. The van der Waals surface area contributed by atoms with Crippen molar-refractivity contribution in [1.29, 1.82) is 0 Å². The first kappa shape index (κ1) is 18.8. The number of hydrogen-bond acceptors (Lipinski definition) is 9. The predicted molar refractivity (Wildman–Crippen MR) is 118 cm³/mol. The summed E-state index contributed by atoms with van der Waals surface area (Å²) in [6.07, 6.45) is 14.0. The van der Waals surface area contributed by atoms with Crippen molar-refractivity contribution in [2.24, 2.45) is 0 Å². The summed E-state index contributed by atoms with van der Waals surface area (Å²) in [6, 6.07) is 9.06. The summed E-state index contributed by atoms with van der Waals surface area (Å²) in [7, 11) is 0. The van der Waals surface area contributed by atoms with E-state index in [1.54, 1.807) is 35.1 Å². The lowest BCUT2D eigenvalue weighted by Gasteiger charge is -2.12. The number of rotatable bonds is 5. The van der Waals surface area contributed by atoms with Crippen LogP contribution in [0.1, 0.15) is 5.56 Å². The molecule has 0 atom stereocenters. The molecule has 0 bridgehead atoms. The highest BCUT2D eigenvalue weighted by Gasteiger charge is 2.10. The average Bonchev–Trinajstić information content (AvgIpc) is 3.28. The van der Waals surface area contributed by atoms with Crippen molar-refractivity contribution in [3.63, 3.8) is 0 Å². The lowest BCUT2D eigenvalue weighted by molar-refractivity contribution is 0.481. The second-order valence-electron chi connectivity index (χ2n) is 6.32. The molecule has 1 N–H and O–H groups in total. The lowest BCUT2D eigenvalue weighted by Crippen LogP contribution is -2.00. The van der Waals surface area contributed by atoms with Crippen molar-refractivity contribution in [2.45, 2.75) is 5.16 Å². The highest BCUT2D eigenvalue weighted by molar-refractivity contribution is 7.98. The third kappa shape index (κ3) is 3.70. The van der Waals surface area contributed by atoms with E-state index in [2.05, 4.69) is 41.3 Å². The van der Waals surface area contributed by atoms with E-state index in [0.29, 0.717) is 44.7 Å². The first-order chi connectivity index (χ1) is 15.2. The molecule has 4 aromatic heterocycles. The van der Waals surface area contributed by atoms with Crippen LogP contribution in [-0.4, -0.2) is 40.8 Å². The number of thioether (sulfide) groups is 1. The number of pyridine rings is 1. The van der Waals surface area contributed by atoms with Crippen LogP contribution in [0.25, 0.3) is 16.7 Å². The Bertz CT molecular complexity index is 1460. The van der Waals surface area contributed by atoms with E-state index < -0.39 is 0 Å². The summed E-state index contributed by atoms with van der Waals surface area (Å²) in [5.74, 6) is 4.40. The van der Waals surface area contributed by atoms with Crippen LogP contribution >= 0.6 is 11.8 Å². The molecule has 150 valence electrons. The molecule has 10 heteroatoms. The van der Waals surface area contributed by atoms with Gasteiger partial charge in [-0.15, -0.1) is 6.42 Å². The minimum absolute atomic E-state index is 0.552. The molecule has 0 fully saturated rings. The van der Waals surface area contributed by atoms with Gasteiger partial charge < -0.3 is 10.1 Å². The molecule has 1 aromatic carbocycles. The van der Waals surface area contributed by atoms with Crippen LogP contribution in [-0.2, 0) is 0 Å². The standard InChI is InChI=1S/C21H14N8OS/c1-3-13-8-14(27-20-19-16(23-11-25-20)10-22-21(28-19)31-2)4-5-17(13)30-15-6-7-29-18(9-15)24-12-26-29/h1,4-12H,2H3,(H,23,25,27). The Hall–Kier alpha value is -4.23. The molecule has 0 aliphatic rings. The molecule has 0 amide bonds. The smallest absolute Gasteiger partial charge is 0.188 e. The molecule has 31 heavy (non-hydrogen) atoms. The van der Waals surface area contributed by atoms with Gasteiger partial charge >= 0.3 is 0 Å². The third-order valence-electron chi connectivity index (χ3n) is 4.42. The zero-order chi connectivity index (χ0) is 21.2. The van der Waals surface area contributed by atoms with Crippen LogP contribution in [0, 0.1) is 12.3 Å². The van der Waals surface area contributed by atoms with Gasteiger partial charge in [0.1, 0.15) is 35.2 Å². The van der Waals surface area contributed by atoms with Crippen LogP contribution in [0.15, 0.2) is 60.5 Å². The SMILES string of the molecule is C#Cc1cc(Nc2ncnc3cnc(SC)nc23)ccc1Oc1ccn2ncnc2c1. The molecular weight excluding hydrogens is 412 g/mol. The monoisotopic (exact) mass is 426 g/mol. The van der Waals surface area contributed by atoms with Crippen LogP contribution in [0.2, 0.25) is 0 Å². The van der Waals surface area contributed by atoms with Gasteiger partial charge in [-0.3, -0.25) is 0 Å². The number of benzene rings is 1. The Balaban J connectivity index is 1.45. The van der Waals surface area contributed by atoms with E-state index in [1.807, 2.05) is 18.4 Å². The van der Waals surface area contributed by atoms with Crippen molar-refractivity contribution in [3.8, 4) is 23.8 Å². The maximum Gasteiger partial charge on any atom is 0.188 e. The first-order valence-corrected chi connectivity index (χ1v) is 10.3. The van der Waals surface area contributed by atoms with Gasteiger partial charge in [0, 0.05) is 18.0 Å². The maximum absolute atomic E-state index is 5.98. The fourth-order valence-corrected chi connectivity index (χ4v) is 3.30. The van der Waals surface area contributed by atoms with Gasteiger partial charge in [0.25, 0.3) is 0 Å². The van der Waals surface area contributed by atoms with E-state index >= 15 is 0 Å². The Morgan fingerprint density at radius 3 is 2.90 bits per heavy atom. The van der Waals surface area contributed by atoms with E-state index in [-0.39, 0.29) is 0 Å². The largest absolute Gasteiger partial charge is 0.456 e. The van der Waals surface area contributed by atoms with Crippen LogP contribution in [0.3, 0.4) is 0 Å². The Kier molecular flexibility index (Phi) is 4.78. The number of aromatic nitrogens is 7. The zero-order valence-corrected chi connectivity index (χ0v) is 17.0. The highest BCUT2D eigenvalue weighted by Crippen LogP contribution is 2.30. The molecule has 9 nitrogen and oxygen atoms in total. The Labute approximate surface area is 181 Å². The quantitative estimate of drug-likeness (QED) is 0.256. The summed E-state index contributed by atoms with van der Waals surface area (Å²) in [4.78, 5) is 21.5. The van der Waals surface area contributed by atoms with Gasteiger partial charge in [-0.25, -0.2) is 29.4 Å². The van der Waals surface area contributed by atoms with Crippen molar-refractivity contribution < 1.29 is 4.74 Å². The summed E-state index contributed by atoms with van der Waals surface area (Å²) >= 11 is 1.45. The Morgan fingerprint density at radius 2 is 2.03 bits per heavy atom. The van der Waals surface area contributed by atoms with Crippen LogP contribution < -0.4 is 10.1 Å². The summed E-state index contributed by atoms with van der Waals surface area (Å²) in [5, 5.41) is 7.98. The number of nitrogens with one attached hydrogen (secondary N) is 1. The minimum atomic E-state index is 0.552. The van der Waals surface area contributed by atoms with Crippen LogP contribution in [0.4, 0.5) is 11.5 Å². The molecule has 4 heterocycles. The summed E-state index contributed by atoms with van der Waals surface area (Å²) in [5.41, 5.74) is 3.30. The lowest BCUT2D eigenvalue weighted by atomic mass is 10.2. The molecule has 0 aliphatic heterocycles. The zero-order valence-electron chi connectivity index (χ0n) is 16.2. The van der Waals surface area contributed by atoms with Gasteiger partial charge in [-0.05, 0) is 30.5 Å². The molecule has 0 saturated carbocycles. The van der Waals surface area contributed by atoms with E-state index in [4.69, 9.17) is 11.2 Å². The Morgan fingerprint density at radius 1 is 1.10 bits per heavy atom. The van der Waals surface area contributed by atoms with Gasteiger partial charge in [0.05, 0.1) is 11.8 Å². The van der Waals surface area contributed by atoms with Crippen molar-refractivity contribution in [1.82, 2.24) is 34.5 Å². The number of nitrogens with zero attached hydrogens (tertiary/aromatic N) is 7. The number of anilines is 2. The molecule has 0 aliphatic carbocycles. The second kappa shape index (κ2) is 7.89. The molecular formula is C21H14N8OS. The molecule has 0 saturated heterocycles. The van der Waals surface area contributed by atoms with Crippen molar-refractivity contribution in [2.75, 3.05) is 11.6 Å². The average molecular weight is 426 g/mol. The normalized spacial score (nSPS) is 10.8. The van der Waals surface area contributed by atoms with E-state index in [1.165, 1.54) is 24.4 Å². The van der Waals surface area contributed by atoms with E-state index in [0.717, 1.165) is 5.69 Å². The summed E-state index contributed by atoms with van der Waals surface area (Å²) < 4.78 is 7.64. The maximum atomic E-state index is 5.98. The van der Waals surface area contributed by atoms with Gasteiger partial charge in [0.2, 0.25) is 0 Å². The molecule has 5 rings (SSSR count). The molecule has 0 spiro atoms. The fraction of sp³-hybridized carbons (Fsp3) is 0.0476. The molecule has 5 aromatic rings. The predicted octanol–water partition coefficient (Wildman–Crippen LogP) is 3.70. The van der Waals surface area contributed by atoms with E-state index in [9.17, 15) is 0 Å². The topological polar surface area (TPSA) is 103 Å². The fourth-order valence-electron chi connectivity index (χ4n) is 2.96. The van der Waals surface area contributed by atoms with Gasteiger partial charge in [0.15, 0.2) is 16.6 Å². The van der Waals surface area contributed by atoms with Crippen LogP contribution in [0.5, 0.6) is 11.5 Å². The van der Waals surface area contributed by atoms with Crippen molar-refractivity contribution >= 4 is 39.9 Å². The third-order valence-corrected chi connectivity index (χ3v) is 4.98. The summed E-state index contributed by atoms with van der Waals surface area (Å²) in [6.45, 7) is 0. The van der Waals surface area contributed by atoms with Gasteiger partial charge in [-0.1, -0.05) is 17.7 Å². The van der Waals surface area contributed by atoms with Gasteiger partial charge in [-0.2, -0.15) is 5.10 Å².